The van der Waals surface area contributed by atoms with Gasteiger partial charge in [-0.1, -0.05) is 0 Å². The van der Waals surface area contributed by atoms with Crippen molar-refractivity contribution in [1.82, 2.24) is 4.90 Å². The number of hydrogen-bond donors (Lipinski definition) is 1. The van der Waals surface area contributed by atoms with E-state index in [9.17, 15) is 18.0 Å². The van der Waals surface area contributed by atoms with E-state index in [2.05, 4.69) is 4.72 Å². The van der Waals surface area contributed by atoms with E-state index in [0.29, 0.717) is 6.42 Å². The van der Waals surface area contributed by atoms with Crippen LogP contribution in [0.4, 0.5) is 5.69 Å². The number of anilines is 1. The number of halogens is 1. The van der Waals surface area contributed by atoms with Gasteiger partial charge >= 0.3 is 0 Å². The Bertz CT molecular complexity index is 672. The summed E-state index contributed by atoms with van der Waals surface area (Å²) < 4.78 is 25.8. The van der Waals surface area contributed by atoms with Gasteiger partial charge in [-0.05, 0) is 24.6 Å². The fraction of sp³-hybridized carbons (Fsp3) is 0.333. The minimum atomic E-state index is -3.50. The van der Waals surface area contributed by atoms with E-state index in [4.69, 9.17) is 11.6 Å². The highest BCUT2D eigenvalue weighted by atomic mass is 35.5. The van der Waals surface area contributed by atoms with Gasteiger partial charge in [-0.2, -0.15) is 0 Å². The number of nitrogens with one attached hydrogen (secondary N) is 1. The predicted molar refractivity (Wildman–Crippen MR) is 75.6 cm³/mol. The first-order valence-electron chi connectivity index (χ1n) is 5.88. The van der Waals surface area contributed by atoms with Gasteiger partial charge in [0.2, 0.25) is 10.0 Å². The van der Waals surface area contributed by atoms with Crippen LogP contribution in [-0.2, 0) is 10.0 Å². The molecule has 1 aliphatic heterocycles. The Morgan fingerprint density at radius 3 is 2.50 bits per heavy atom. The number of fused-ring (bicyclic) bond motifs is 1. The normalized spacial score (nSPS) is 14.6. The summed E-state index contributed by atoms with van der Waals surface area (Å²) in [5.74, 6) is -0.670. The molecule has 1 aromatic carbocycles. The van der Waals surface area contributed by atoms with Crippen molar-refractivity contribution in [3.05, 3.63) is 29.3 Å². The highest BCUT2D eigenvalue weighted by Gasteiger charge is 2.32. The van der Waals surface area contributed by atoms with Gasteiger partial charge in [-0.25, -0.2) is 8.42 Å². The molecule has 1 aliphatic rings. The Kier molecular flexibility index (Phi) is 4.01. The van der Waals surface area contributed by atoms with Crippen LogP contribution >= 0.6 is 11.6 Å². The van der Waals surface area contributed by atoms with Crippen LogP contribution in [0.15, 0.2) is 18.2 Å². The van der Waals surface area contributed by atoms with Gasteiger partial charge in [0.25, 0.3) is 11.8 Å². The maximum Gasteiger partial charge on any atom is 0.261 e. The second kappa shape index (κ2) is 5.41. The number of rotatable bonds is 5. The maximum absolute atomic E-state index is 11.8. The third-order valence-corrected chi connectivity index (χ3v) is 4.55. The summed E-state index contributed by atoms with van der Waals surface area (Å²) >= 11 is 5.46. The lowest BCUT2D eigenvalue weighted by Gasteiger charge is -2.07. The summed E-state index contributed by atoms with van der Waals surface area (Å²) in [6.07, 6.45) is 0.335. The van der Waals surface area contributed by atoms with Crippen LogP contribution in [0.5, 0.6) is 0 Å². The van der Waals surface area contributed by atoms with Crippen molar-refractivity contribution < 1.29 is 18.0 Å². The lowest BCUT2D eigenvalue weighted by molar-refractivity contribution is 0.0693. The van der Waals surface area contributed by atoms with Crippen LogP contribution in [0.1, 0.15) is 27.1 Å². The molecule has 0 saturated heterocycles. The molecule has 1 heterocycles. The van der Waals surface area contributed by atoms with E-state index in [1.807, 2.05) is 0 Å². The van der Waals surface area contributed by atoms with Gasteiger partial charge in [-0.15, -0.1) is 11.6 Å². The molecule has 20 heavy (non-hydrogen) atoms. The van der Waals surface area contributed by atoms with E-state index < -0.39 is 15.9 Å². The zero-order valence-electron chi connectivity index (χ0n) is 10.7. The van der Waals surface area contributed by atoms with Crippen LogP contribution in [0.2, 0.25) is 0 Å². The van der Waals surface area contributed by atoms with Gasteiger partial charge in [0, 0.05) is 18.6 Å². The number of carbonyl (C=O) groups excluding carboxylic acids is 2. The topological polar surface area (TPSA) is 83.6 Å². The molecule has 0 atom stereocenters. The van der Waals surface area contributed by atoms with Gasteiger partial charge in [0.15, 0.2) is 0 Å². The Labute approximate surface area is 121 Å². The number of imide groups is 1. The fourth-order valence-corrected chi connectivity index (χ4v) is 3.30. The van der Waals surface area contributed by atoms with Crippen LogP contribution in [0, 0.1) is 0 Å². The molecule has 0 unspecified atom stereocenters. The van der Waals surface area contributed by atoms with Gasteiger partial charge < -0.3 is 0 Å². The van der Waals surface area contributed by atoms with E-state index in [1.165, 1.54) is 25.2 Å². The molecule has 0 fully saturated rings. The summed E-state index contributed by atoms with van der Waals surface area (Å²) in [6, 6.07) is 4.28. The van der Waals surface area contributed by atoms with Crippen molar-refractivity contribution in [3.8, 4) is 0 Å². The summed E-state index contributed by atoms with van der Waals surface area (Å²) in [4.78, 5) is 24.5. The predicted octanol–water partition coefficient (Wildman–Crippen LogP) is 1.28. The molecule has 108 valence electrons. The molecule has 2 amide bonds. The smallest absolute Gasteiger partial charge is 0.261 e. The van der Waals surface area contributed by atoms with Gasteiger partial charge in [0.1, 0.15) is 0 Å². The molecule has 2 rings (SSSR count). The number of amides is 2. The van der Waals surface area contributed by atoms with Crippen LogP contribution in [0.25, 0.3) is 0 Å². The Balaban J connectivity index is 2.26. The Morgan fingerprint density at radius 1 is 1.20 bits per heavy atom. The summed E-state index contributed by atoms with van der Waals surface area (Å²) in [6.45, 7) is 0. The lowest BCUT2D eigenvalue weighted by atomic mass is 10.1. The summed E-state index contributed by atoms with van der Waals surface area (Å²) in [5.41, 5.74) is 0.742. The van der Waals surface area contributed by atoms with Crippen molar-refractivity contribution >= 4 is 39.1 Å². The second-order valence-corrected chi connectivity index (χ2v) is 6.61. The molecule has 1 N–H and O–H groups in total. The van der Waals surface area contributed by atoms with Crippen LogP contribution in [-0.4, -0.2) is 43.8 Å². The monoisotopic (exact) mass is 316 g/mol. The summed E-state index contributed by atoms with van der Waals surface area (Å²) in [7, 11) is -2.12. The second-order valence-electron chi connectivity index (χ2n) is 4.39. The average Bonchev–Trinajstić information content (AvgIpc) is 2.61. The molecule has 8 heteroatoms. The van der Waals surface area contributed by atoms with E-state index in [1.54, 1.807) is 0 Å². The standard InChI is InChI=1S/C12H13ClN2O4S/c1-15-11(16)9-4-3-8(7-10(9)12(15)17)14-20(18,19)6-2-5-13/h3-4,7,14H,2,5-6H2,1H3. The molecule has 0 aromatic heterocycles. The zero-order valence-corrected chi connectivity index (χ0v) is 12.3. The highest BCUT2D eigenvalue weighted by molar-refractivity contribution is 7.92. The van der Waals surface area contributed by atoms with Crippen molar-refractivity contribution in [2.75, 3.05) is 23.4 Å². The van der Waals surface area contributed by atoms with Gasteiger partial charge in [0.05, 0.1) is 16.9 Å². The summed E-state index contributed by atoms with van der Waals surface area (Å²) in [5, 5.41) is 0. The Morgan fingerprint density at radius 2 is 1.85 bits per heavy atom. The number of benzene rings is 1. The largest absolute Gasteiger partial charge is 0.284 e. The molecular weight excluding hydrogens is 304 g/mol. The quantitative estimate of drug-likeness (QED) is 0.655. The fourth-order valence-electron chi connectivity index (χ4n) is 1.90. The maximum atomic E-state index is 11.8. The first-order valence-corrected chi connectivity index (χ1v) is 8.07. The minimum absolute atomic E-state index is 0.0969. The number of nitrogens with zero attached hydrogens (tertiary/aromatic N) is 1. The molecule has 0 bridgehead atoms. The van der Waals surface area contributed by atoms with Crippen molar-refractivity contribution in [2.24, 2.45) is 0 Å². The molecular formula is C12H13ClN2O4S. The molecule has 6 nitrogen and oxygen atoms in total. The average molecular weight is 317 g/mol. The van der Waals surface area contributed by atoms with Crippen LogP contribution < -0.4 is 4.72 Å². The van der Waals surface area contributed by atoms with Crippen molar-refractivity contribution in [2.45, 2.75) is 6.42 Å². The molecule has 0 spiro atoms. The zero-order chi connectivity index (χ0) is 14.9. The third-order valence-electron chi connectivity index (χ3n) is 2.91. The number of hydrogen-bond acceptors (Lipinski definition) is 4. The van der Waals surface area contributed by atoms with Crippen molar-refractivity contribution in [3.63, 3.8) is 0 Å². The number of alkyl halides is 1. The molecule has 0 aliphatic carbocycles. The van der Waals surface area contributed by atoms with Crippen LogP contribution in [0.3, 0.4) is 0 Å². The lowest BCUT2D eigenvalue weighted by Crippen LogP contribution is -2.24. The van der Waals surface area contributed by atoms with Crippen molar-refractivity contribution in [1.29, 1.82) is 0 Å². The first-order chi connectivity index (χ1) is 9.35. The van der Waals surface area contributed by atoms with E-state index in [0.717, 1.165) is 4.90 Å². The highest BCUT2D eigenvalue weighted by Crippen LogP contribution is 2.25. The van der Waals surface area contributed by atoms with E-state index >= 15 is 0 Å². The number of sulfonamides is 1. The van der Waals surface area contributed by atoms with E-state index in [-0.39, 0.29) is 34.4 Å². The molecule has 0 radical (unpaired) electrons. The Hall–Kier alpha value is -1.60. The third kappa shape index (κ3) is 2.78. The number of carbonyl (C=O) groups is 2. The minimum Gasteiger partial charge on any atom is -0.284 e. The van der Waals surface area contributed by atoms with Gasteiger partial charge in [-0.3, -0.25) is 19.2 Å². The SMILES string of the molecule is CN1C(=O)c2ccc(NS(=O)(=O)CCCCl)cc2C1=O. The molecule has 0 saturated carbocycles. The molecule has 1 aromatic rings. The first kappa shape index (κ1) is 14.8.